The average Bonchev–Trinajstić information content (AvgIpc) is 2.49. The molecule has 0 saturated carbocycles. The molecule has 0 radical (unpaired) electrons. The maximum atomic E-state index is 5.99. The van der Waals surface area contributed by atoms with Gasteiger partial charge in [0.25, 0.3) is 0 Å². The highest BCUT2D eigenvalue weighted by Crippen LogP contribution is 2.23. The number of ether oxygens (including phenoxy) is 1. The van der Waals surface area contributed by atoms with E-state index >= 15 is 0 Å². The van der Waals surface area contributed by atoms with E-state index in [1.807, 2.05) is 43.5 Å². The third-order valence-corrected chi connectivity index (χ3v) is 3.27. The molecule has 0 saturated heterocycles. The van der Waals surface area contributed by atoms with E-state index in [-0.39, 0.29) is 0 Å². The smallest absolute Gasteiger partial charge is 0.142 e. The number of hydrogen-bond acceptors (Lipinski definition) is 4. The molecule has 0 fully saturated rings. The van der Waals surface area contributed by atoms with Gasteiger partial charge in [-0.3, -0.25) is 4.98 Å². The minimum atomic E-state index is 0.351. The maximum Gasteiger partial charge on any atom is 0.142 e. The Labute approximate surface area is 126 Å². The number of anilines is 1. The molecule has 4 nitrogen and oxygen atoms in total. The summed E-state index contributed by atoms with van der Waals surface area (Å²) in [5.74, 6) is 0.760. The molecule has 4 heteroatoms. The lowest BCUT2D eigenvalue weighted by molar-refractivity contribution is 0.342. The molecule has 0 aliphatic heterocycles. The highest BCUT2D eigenvalue weighted by molar-refractivity contribution is 5.54. The fourth-order valence-corrected chi connectivity index (χ4v) is 2.22. The van der Waals surface area contributed by atoms with Gasteiger partial charge < -0.3 is 15.8 Å². The number of aromatic nitrogens is 1. The second-order valence-electron chi connectivity index (χ2n) is 5.11. The number of benzene rings is 1. The molecular formula is C17H23N3O. The van der Waals surface area contributed by atoms with Crippen molar-refractivity contribution in [3.05, 3.63) is 53.9 Å². The van der Waals surface area contributed by atoms with Crippen LogP contribution in [0.2, 0.25) is 0 Å². The lowest BCUT2D eigenvalue weighted by Crippen LogP contribution is -2.27. The quantitative estimate of drug-likeness (QED) is 0.768. The minimum Gasteiger partial charge on any atom is -0.492 e. The van der Waals surface area contributed by atoms with Gasteiger partial charge in [-0.05, 0) is 50.1 Å². The first-order chi connectivity index (χ1) is 10.2. The van der Waals surface area contributed by atoms with Crippen molar-refractivity contribution >= 4 is 5.69 Å². The monoisotopic (exact) mass is 285 g/mol. The van der Waals surface area contributed by atoms with Crippen LogP contribution in [0, 0.1) is 0 Å². The molecule has 0 spiro atoms. The van der Waals surface area contributed by atoms with E-state index in [9.17, 15) is 0 Å². The van der Waals surface area contributed by atoms with Crippen LogP contribution in [-0.2, 0) is 13.0 Å². The predicted octanol–water partition coefficient (Wildman–Crippen LogP) is 2.78. The molecule has 0 bridgehead atoms. The van der Waals surface area contributed by atoms with Gasteiger partial charge in [-0.1, -0.05) is 12.1 Å². The summed E-state index contributed by atoms with van der Waals surface area (Å²) in [4.78, 5) is 4.30. The van der Waals surface area contributed by atoms with Crippen LogP contribution >= 0.6 is 0 Å². The highest BCUT2D eigenvalue weighted by Gasteiger charge is 2.06. The molecule has 21 heavy (non-hydrogen) atoms. The van der Waals surface area contributed by atoms with Gasteiger partial charge in [0.05, 0.1) is 18.0 Å². The third kappa shape index (κ3) is 4.76. The van der Waals surface area contributed by atoms with Gasteiger partial charge in [-0.2, -0.15) is 0 Å². The summed E-state index contributed by atoms with van der Waals surface area (Å²) < 4.78 is 5.45. The van der Waals surface area contributed by atoms with Crippen LogP contribution in [-0.4, -0.2) is 17.6 Å². The number of rotatable bonds is 7. The first-order valence-corrected chi connectivity index (χ1v) is 7.33. The Balaban J connectivity index is 1.87. The summed E-state index contributed by atoms with van der Waals surface area (Å²) >= 11 is 0. The van der Waals surface area contributed by atoms with Crippen molar-refractivity contribution in [2.45, 2.75) is 32.9 Å². The fraction of sp³-hybridized carbons (Fsp3) is 0.353. The Morgan fingerprint density at radius 2 is 2.14 bits per heavy atom. The van der Waals surface area contributed by atoms with Crippen molar-refractivity contribution in [1.29, 1.82) is 0 Å². The molecule has 0 aliphatic rings. The van der Waals surface area contributed by atoms with Crippen LogP contribution in [0.4, 0.5) is 5.69 Å². The van der Waals surface area contributed by atoms with Crippen molar-refractivity contribution in [3.8, 4) is 5.75 Å². The Morgan fingerprint density at radius 1 is 1.29 bits per heavy atom. The van der Waals surface area contributed by atoms with Crippen LogP contribution in [0.3, 0.4) is 0 Å². The zero-order valence-electron chi connectivity index (χ0n) is 12.7. The van der Waals surface area contributed by atoms with E-state index in [2.05, 4.69) is 23.3 Å². The van der Waals surface area contributed by atoms with Crippen LogP contribution in [0.15, 0.2) is 42.6 Å². The Kier molecular flexibility index (Phi) is 5.58. The van der Waals surface area contributed by atoms with Crippen LogP contribution in [0.5, 0.6) is 5.75 Å². The molecule has 1 atom stereocenters. The molecule has 112 valence electrons. The predicted molar refractivity (Wildman–Crippen MR) is 86.3 cm³/mol. The lowest BCUT2D eigenvalue weighted by atomic mass is 10.1. The normalized spacial score (nSPS) is 12.1. The largest absolute Gasteiger partial charge is 0.492 e. The highest BCUT2D eigenvalue weighted by atomic mass is 16.5. The molecule has 0 amide bonds. The van der Waals surface area contributed by atoms with Gasteiger partial charge >= 0.3 is 0 Å². The standard InChI is InChI=1S/C17H23N3O/c1-3-21-17-8-7-14(11-16(17)18)10-13(2)20-12-15-6-4-5-9-19-15/h4-9,11,13,20H,3,10,12,18H2,1-2H3. The van der Waals surface area contributed by atoms with Crippen molar-refractivity contribution in [2.24, 2.45) is 0 Å². The number of nitrogen functional groups attached to an aromatic ring is 1. The van der Waals surface area contributed by atoms with Gasteiger partial charge in [-0.25, -0.2) is 0 Å². The Hall–Kier alpha value is -2.07. The Bertz CT molecular complexity index is 557. The summed E-state index contributed by atoms with van der Waals surface area (Å²) in [6.45, 7) is 5.52. The van der Waals surface area contributed by atoms with E-state index < -0.39 is 0 Å². The number of nitrogens with two attached hydrogens (primary N) is 1. The zero-order valence-corrected chi connectivity index (χ0v) is 12.7. The molecule has 3 N–H and O–H groups in total. The Morgan fingerprint density at radius 3 is 2.81 bits per heavy atom. The molecule has 0 aliphatic carbocycles. The topological polar surface area (TPSA) is 60.2 Å². The minimum absolute atomic E-state index is 0.351. The van der Waals surface area contributed by atoms with E-state index in [0.29, 0.717) is 18.3 Å². The van der Waals surface area contributed by atoms with Crippen LogP contribution in [0.25, 0.3) is 0 Å². The van der Waals surface area contributed by atoms with Crippen LogP contribution in [0.1, 0.15) is 25.1 Å². The van der Waals surface area contributed by atoms with Gasteiger partial charge in [0.15, 0.2) is 0 Å². The zero-order chi connectivity index (χ0) is 15.1. The number of nitrogens with one attached hydrogen (secondary N) is 1. The summed E-state index contributed by atoms with van der Waals surface area (Å²) in [5.41, 5.74) is 8.95. The van der Waals surface area contributed by atoms with Gasteiger partial charge in [0.2, 0.25) is 0 Å². The third-order valence-electron chi connectivity index (χ3n) is 3.27. The SMILES string of the molecule is CCOc1ccc(CC(C)NCc2ccccn2)cc1N. The molecule has 1 aromatic carbocycles. The summed E-state index contributed by atoms with van der Waals surface area (Å²) in [7, 11) is 0. The van der Waals surface area contributed by atoms with E-state index in [1.165, 1.54) is 5.56 Å². The lowest BCUT2D eigenvalue weighted by Gasteiger charge is -2.15. The number of nitrogens with zero attached hydrogens (tertiary/aromatic N) is 1. The molecule has 2 aromatic rings. The second-order valence-corrected chi connectivity index (χ2v) is 5.11. The van der Waals surface area contributed by atoms with Crippen molar-refractivity contribution in [1.82, 2.24) is 10.3 Å². The molecule has 1 heterocycles. The molecule has 1 unspecified atom stereocenters. The van der Waals surface area contributed by atoms with Gasteiger partial charge in [0, 0.05) is 18.8 Å². The summed E-state index contributed by atoms with van der Waals surface area (Å²) in [6, 6.07) is 12.3. The van der Waals surface area contributed by atoms with Crippen molar-refractivity contribution in [3.63, 3.8) is 0 Å². The number of pyridine rings is 1. The number of hydrogen-bond donors (Lipinski definition) is 2. The second kappa shape index (κ2) is 7.64. The average molecular weight is 285 g/mol. The molecule has 1 aromatic heterocycles. The maximum absolute atomic E-state index is 5.99. The van der Waals surface area contributed by atoms with Crippen molar-refractivity contribution in [2.75, 3.05) is 12.3 Å². The molecular weight excluding hydrogens is 262 g/mol. The van der Waals surface area contributed by atoms with Gasteiger partial charge in [-0.15, -0.1) is 0 Å². The first kappa shape index (κ1) is 15.3. The van der Waals surface area contributed by atoms with Crippen LogP contribution < -0.4 is 15.8 Å². The van der Waals surface area contributed by atoms with E-state index in [0.717, 1.165) is 24.4 Å². The van der Waals surface area contributed by atoms with E-state index in [1.54, 1.807) is 0 Å². The van der Waals surface area contributed by atoms with Crippen molar-refractivity contribution < 1.29 is 4.74 Å². The fourth-order valence-electron chi connectivity index (χ4n) is 2.22. The summed E-state index contributed by atoms with van der Waals surface area (Å²) in [6.07, 6.45) is 2.73. The summed E-state index contributed by atoms with van der Waals surface area (Å²) in [5, 5.41) is 3.47. The van der Waals surface area contributed by atoms with Gasteiger partial charge in [0.1, 0.15) is 5.75 Å². The first-order valence-electron chi connectivity index (χ1n) is 7.33. The molecule has 2 rings (SSSR count). The van der Waals surface area contributed by atoms with E-state index in [4.69, 9.17) is 10.5 Å².